The van der Waals surface area contributed by atoms with Crippen molar-refractivity contribution in [2.24, 2.45) is 5.92 Å². The third-order valence-corrected chi connectivity index (χ3v) is 2.78. The molecule has 1 fully saturated rings. The summed E-state index contributed by atoms with van der Waals surface area (Å²) in [5, 5.41) is 11.5. The largest absolute Gasteiger partial charge is 0.711 e. The van der Waals surface area contributed by atoms with Crippen LogP contribution in [0.5, 0.6) is 0 Å². The average Bonchev–Trinajstić information content (AvgIpc) is 2.18. The third-order valence-electron chi connectivity index (χ3n) is 2.78. The van der Waals surface area contributed by atoms with Gasteiger partial charge in [-0.25, -0.2) is 4.73 Å². The summed E-state index contributed by atoms with van der Waals surface area (Å²) in [4.78, 5) is 2.18. The molecule has 0 unspecified atom stereocenters. The van der Waals surface area contributed by atoms with Gasteiger partial charge < -0.3 is 5.21 Å². The van der Waals surface area contributed by atoms with Gasteiger partial charge in [0.2, 0.25) is 0 Å². The van der Waals surface area contributed by atoms with Gasteiger partial charge in [-0.05, 0) is 24.8 Å². The number of aromatic nitrogens is 1. The smallest absolute Gasteiger partial charge is 0.279 e. The molecule has 1 atom stereocenters. The summed E-state index contributed by atoms with van der Waals surface area (Å²) in [7, 11) is 0. The lowest BCUT2D eigenvalue weighted by molar-refractivity contribution is -0.592. The lowest BCUT2D eigenvalue weighted by Crippen LogP contribution is -2.42. The molecule has 0 bridgehead atoms. The van der Waals surface area contributed by atoms with Crippen LogP contribution in [0.4, 0.5) is 5.82 Å². The van der Waals surface area contributed by atoms with Gasteiger partial charge in [-0.15, -0.1) is 0 Å². The predicted octanol–water partition coefficient (Wildman–Crippen LogP) is 1.56. The molecule has 0 aromatic carbocycles. The van der Waals surface area contributed by atoms with Gasteiger partial charge in [0.05, 0.1) is 19.3 Å². The Kier molecular flexibility index (Phi) is 2.57. The first kappa shape index (κ1) is 9.31. The fourth-order valence-corrected chi connectivity index (χ4v) is 2.06. The molecule has 1 aliphatic rings. The quantitative estimate of drug-likeness (QED) is 0.499. The molecule has 2 heterocycles. The molecule has 1 saturated heterocycles. The van der Waals surface area contributed by atoms with Crippen LogP contribution in [0, 0.1) is 11.1 Å². The van der Waals surface area contributed by atoms with Crippen LogP contribution in [0.2, 0.25) is 0 Å². The highest BCUT2D eigenvalue weighted by molar-refractivity contribution is 5.33. The molecule has 0 saturated carbocycles. The van der Waals surface area contributed by atoms with Gasteiger partial charge in [0, 0.05) is 6.07 Å². The number of nitrogens with zero attached hydrogens (tertiary/aromatic N) is 2. The van der Waals surface area contributed by atoms with Crippen molar-refractivity contribution in [1.29, 1.82) is 0 Å². The van der Waals surface area contributed by atoms with Crippen LogP contribution < -0.4 is 9.63 Å². The van der Waals surface area contributed by atoms with Crippen molar-refractivity contribution in [1.82, 2.24) is 0 Å². The summed E-state index contributed by atoms with van der Waals surface area (Å²) < 4.78 is 0.956. The molecule has 2 rings (SSSR count). The van der Waals surface area contributed by atoms with E-state index in [1.807, 2.05) is 12.1 Å². The van der Waals surface area contributed by atoms with Crippen LogP contribution in [0.1, 0.15) is 19.8 Å². The standard InChI is InChI=1S/C11H16N2O/c1-10-5-4-7-12(9-10)11-6-2-3-8-13(11)14/h2-3,6,8,10H,4-5,7,9H2,1H3/t10-/m1/s1. The molecule has 76 valence electrons. The Bertz CT molecular complexity index is 314. The zero-order valence-corrected chi connectivity index (χ0v) is 8.52. The van der Waals surface area contributed by atoms with Gasteiger partial charge >= 0.3 is 0 Å². The second-order valence-electron chi connectivity index (χ2n) is 4.08. The van der Waals surface area contributed by atoms with E-state index in [1.165, 1.54) is 12.8 Å². The zero-order valence-electron chi connectivity index (χ0n) is 8.52. The number of anilines is 1. The third kappa shape index (κ3) is 1.81. The van der Waals surface area contributed by atoms with Gasteiger partial charge in [-0.1, -0.05) is 13.0 Å². The first-order chi connectivity index (χ1) is 6.77. The summed E-state index contributed by atoms with van der Waals surface area (Å²) in [5.74, 6) is 1.49. The molecular formula is C11H16N2O. The summed E-state index contributed by atoms with van der Waals surface area (Å²) in [6, 6.07) is 5.58. The van der Waals surface area contributed by atoms with Gasteiger partial charge in [-0.2, -0.15) is 0 Å². The Balaban J connectivity index is 2.18. The fourth-order valence-electron chi connectivity index (χ4n) is 2.06. The Hall–Kier alpha value is -1.25. The van der Waals surface area contributed by atoms with E-state index in [4.69, 9.17) is 0 Å². The van der Waals surface area contributed by atoms with Crippen molar-refractivity contribution in [3.63, 3.8) is 0 Å². The number of hydrogen-bond donors (Lipinski definition) is 0. The van der Waals surface area contributed by atoms with Crippen LogP contribution in [0.15, 0.2) is 24.4 Å². The number of hydrogen-bond acceptors (Lipinski definition) is 2. The van der Waals surface area contributed by atoms with Gasteiger partial charge in [-0.3, -0.25) is 4.90 Å². The maximum Gasteiger partial charge on any atom is 0.279 e. The molecule has 1 aromatic heterocycles. The van der Waals surface area contributed by atoms with Crippen LogP contribution in [-0.4, -0.2) is 13.1 Å². The summed E-state index contributed by atoms with van der Waals surface area (Å²) in [5.41, 5.74) is 0. The molecule has 1 aliphatic heterocycles. The Morgan fingerprint density at radius 1 is 1.50 bits per heavy atom. The molecule has 14 heavy (non-hydrogen) atoms. The van der Waals surface area contributed by atoms with Gasteiger partial charge in [0.15, 0.2) is 0 Å². The Labute approximate surface area is 84.6 Å². The molecular weight excluding hydrogens is 176 g/mol. The number of piperidine rings is 1. The lowest BCUT2D eigenvalue weighted by atomic mass is 10.0. The van der Waals surface area contributed by atoms with E-state index in [1.54, 1.807) is 12.3 Å². The average molecular weight is 192 g/mol. The SMILES string of the molecule is C[C@@H]1CCCN(c2cccc[n+]2[O-])C1. The molecule has 3 heteroatoms. The van der Waals surface area contributed by atoms with Crippen molar-refractivity contribution < 1.29 is 4.73 Å². The maximum atomic E-state index is 11.5. The molecule has 0 N–H and O–H groups in total. The lowest BCUT2D eigenvalue weighted by Gasteiger charge is -2.27. The van der Waals surface area contributed by atoms with Crippen molar-refractivity contribution >= 4 is 5.82 Å². The molecule has 1 aromatic rings. The second kappa shape index (κ2) is 3.86. The molecule has 0 radical (unpaired) electrons. The van der Waals surface area contributed by atoms with E-state index in [0.29, 0.717) is 5.92 Å². The highest BCUT2D eigenvalue weighted by Gasteiger charge is 2.23. The topological polar surface area (TPSA) is 30.2 Å². The first-order valence-corrected chi connectivity index (χ1v) is 5.20. The van der Waals surface area contributed by atoms with E-state index in [-0.39, 0.29) is 0 Å². The minimum Gasteiger partial charge on any atom is -0.711 e. The summed E-state index contributed by atoms with van der Waals surface area (Å²) in [6.45, 7) is 4.26. The van der Waals surface area contributed by atoms with Crippen LogP contribution in [0.25, 0.3) is 0 Å². The number of pyridine rings is 1. The van der Waals surface area contributed by atoms with E-state index < -0.39 is 0 Å². The van der Waals surface area contributed by atoms with E-state index >= 15 is 0 Å². The number of rotatable bonds is 1. The van der Waals surface area contributed by atoms with Crippen molar-refractivity contribution in [2.75, 3.05) is 18.0 Å². The first-order valence-electron chi connectivity index (χ1n) is 5.20. The summed E-state index contributed by atoms with van der Waals surface area (Å²) in [6.07, 6.45) is 4.03. The Morgan fingerprint density at radius 2 is 2.36 bits per heavy atom. The van der Waals surface area contributed by atoms with E-state index in [0.717, 1.165) is 23.6 Å². The van der Waals surface area contributed by atoms with Crippen molar-refractivity contribution in [3.8, 4) is 0 Å². The molecule has 0 aliphatic carbocycles. The van der Waals surface area contributed by atoms with E-state index in [9.17, 15) is 5.21 Å². The van der Waals surface area contributed by atoms with E-state index in [2.05, 4.69) is 11.8 Å². The van der Waals surface area contributed by atoms with Crippen molar-refractivity contribution in [3.05, 3.63) is 29.6 Å². The molecule has 3 nitrogen and oxygen atoms in total. The monoisotopic (exact) mass is 192 g/mol. The minimum atomic E-state index is 0.698. The normalized spacial score (nSPS) is 22.4. The van der Waals surface area contributed by atoms with Gasteiger partial charge in [0.1, 0.15) is 0 Å². The van der Waals surface area contributed by atoms with Crippen LogP contribution in [-0.2, 0) is 0 Å². The van der Waals surface area contributed by atoms with Crippen molar-refractivity contribution in [2.45, 2.75) is 19.8 Å². The minimum absolute atomic E-state index is 0.698. The highest BCUT2D eigenvalue weighted by atomic mass is 16.5. The summed E-state index contributed by atoms with van der Waals surface area (Å²) >= 11 is 0. The molecule has 0 spiro atoms. The zero-order chi connectivity index (χ0) is 9.97. The maximum absolute atomic E-state index is 11.5. The Morgan fingerprint density at radius 3 is 3.07 bits per heavy atom. The highest BCUT2D eigenvalue weighted by Crippen LogP contribution is 2.19. The van der Waals surface area contributed by atoms with Crippen LogP contribution in [0.3, 0.4) is 0 Å². The predicted molar refractivity (Wildman–Crippen MR) is 56.0 cm³/mol. The fraction of sp³-hybridized carbons (Fsp3) is 0.545. The van der Waals surface area contributed by atoms with Gasteiger partial charge in [0.25, 0.3) is 5.82 Å². The second-order valence-corrected chi connectivity index (χ2v) is 4.08. The van der Waals surface area contributed by atoms with Crippen LogP contribution >= 0.6 is 0 Å². The molecule has 0 amide bonds.